The Bertz CT molecular complexity index is 957. The van der Waals surface area contributed by atoms with E-state index in [1.165, 1.54) is 12.1 Å². The lowest BCUT2D eigenvalue weighted by Gasteiger charge is -2.32. The Hall–Kier alpha value is -3.06. The summed E-state index contributed by atoms with van der Waals surface area (Å²) in [5.74, 6) is 1.27. The predicted octanol–water partition coefficient (Wildman–Crippen LogP) is 5.35. The highest BCUT2D eigenvalue weighted by molar-refractivity contribution is 5.77. The van der Waals surface area contributed by atoms with Crippen LogP contribution >= 0.6 is 0 Å². The van der Waals surface area contributed by atoms with E-state index >= 15 is 0 Å². The molecule has 0 saturated carbocycles. The zero-order valence-corrected chi connectivity index (χ0v) is 18.6. The van der Waals surface area contributed by atoms with Crippen LogP contribution in [0.1, 0.15) is 32.3 Å². The number of oxazole rings is 1. The number of benzene rings is 2. The second kappa shape index (κ2) is 10.5. The monoisotopic (exact) mass is 439 g/mol. The SMILES string of the molecule is CCOc1cc(CN2CCC(Nc3ncco3)CC2)cc(OCC)c1-c1ccc(F)cc1. The van der Waals surface area contributed by atoms with E-state index in [4.69, 9.17) is 13.9 Å². The molecule has 1 aliphatic heterocycles. The summed E-state index contributed by atoms with van der Waals surface area (Å²) in [5.41, 5.74) is 2.89. The molecule has 0 bridgehead atoms. The number of aromatic nitrogens is 1. The van der Waals surface area contributed by atoms with Crippen molar-refractivity contribution < 1.29 is 18.3 Å². The fraction of sp³-hybridized carbons (Fsp3) is 0.400. The van der Waals surface area contributed by atoms with Crippen molar-refractivity contribution in [1.29, 1.82) is 0 Å². The number of hydrogen-bond donors (Lipinski definition) is 1. The molecule has 0 aliphatic carbocycles. The van der Waals surface area contributed by atoms with Crippen LogP contribution in [0.2, 0.25) is 0 Å². The van der Waals surface area contributed by atoms with Crippen molar-refractivity contribution in [2.24, 2.45) is 0 Å². The van der Waals surface area contributed by atoms with Crippen LogP contribution in [-0.4, -0.2) is 42.2 Å². The van der Waals surface area contributed by atoms with E-state index in [9.17, 15) is 4.39 Å². The minimum atomic E-state index is -0.262. The van der Waals surface area contributed by atoms with Gasteiger partial charge in [-0.2, -0.15) is 0 Å². The van der Waals surface area contributed by atoms with E-state index in [2.05, 4.69) is 27.3 Å². The van der Waals surface area contributed by atoms with Crippen LogP contribution < -0.4 is 14.8 Å². The first kappa shape index (κ1) is 22.1. The predicted molar refractivity (Wildman–Crippen MR) is 123 cm³/mol. The zero-order valence-electron chi connectivity index (χ0n) is 18.6. The van der Waals surface area contributed by atoms with Gasteiger partial charge in [-0.1, -0.05) is 12.1 Å². The Balaban J connectivity index is 1.51. The summed E-state index contributed by atoms with van der Waals surface area (Å²) in [4.78, 5) is 6.59. The second-order valence-corrected chi connectivity index (χ2v) is 7.87. The lowest BCUT2D eigenvalue weighted by molar-refractivity contribution is 0.209. The number of anilines is 1. The third kappa shape index (κ3) is 5.40. The summed E-state index contributed by atoms with van der Waals surface area (Å²) in [5, 5.41) is 3.36. The Labute approximate surface area is 188 Å². The highest BCUT2D eigenvalue weighted by Gasteiger charge is 2.22. The molecule has 3 aromatic rings. The summed E-state index contributed by atoms with van der Waals surface area (Å²) in [7, 11) is 0. The quantitative estimate of drug-likeness (QED) is 0.485. The number of rotatable bonds is 9. The molecular weight excluding hydrogens is 409 g/mol. The molecule has 2 aromatic carbocycles. The van der Waals surface area contributed by atoms with E-state index in [1.807, 2.05) is 13.8 Å². The molecule has 0 atom stereocenters. The molecule has 1 N–H and O–H groups in total. The van der Waals surface area contributed by atoms with E-state index in [1.54, 1.807) is 24.6 Å². The van der Waals surface area contributed by atoms with Crippen molar-refractivity contribution in [3.05, 3.63) is 60.2 Å². The van der Waals surface area contributed by atoms with Crippen molar-refractivity contribution in [3.8, 4) is 22.6 Å². The van der Waals surface area contributed by atoms with Crippen molar-refractivity contribution >= 4 is 6.01 Å². The third-order valence-corrected chi connectivity index (χ3v) is 5.61. The minimum absolute atomic E-state index is 0.262. The van der Waals surface area contributed by atoms with Crippen LogP contribution in [-0.2, 0) is 6.54 Å². The number of nitrogens with zero attached hydrogens (tertiary/aromatic N) is 2. The van der Waals surface area contributed by atoms with Gasteiger partial charge in [-0.15, -0.1) is 0 Å². The van der Waals surface area contributed by atoms with Crippen molar-refractivity contribution in [1.82, 2.24) is 9.88 Å². The zero-order chi connectivity index (χ0) is 22.3. The molecule has 0 spiro atoms. The van der Waals surface area contributed by atoms with Crippen molar-refractivity contribution in [2.45, 2.75) is 39.3 Å². The van der Waals surface area contributed by atoms with Crippen LogP contribution in [0.3, 0.4) is 0 Å². The van der Waals surface area contributed by atoms with Gasteiger partial charge in [-0.05, 0) is 62.1 Å². The normalized spacial score (nSPS) is 15.0. The van der Waals surface area contributed by atoms with Crippen molar-refractivity contribution in [2.75, 3.05) is 31.6 Å². The van der Waals surface area contributed by atoms with Gasteiger partial charge in [-0.3, -0.25) is 4.90 Å². The Morgan fingerprint density at radius 3 is 2.28 bits per heavy atom. The summed E-state index contributed by atoms with van der Waals surface area (Å²) >= 11 is 0. The molecular formula is C25H30FN3O3. The van der Waals surface area contributed by atoms with Crippen LogP contribution in [0.5, 0.6) is 11.5 Å². The molecule has 32 heavy (non-hydrogen) atoms. The summed E-state index contributed by atoms with van der Waals surface area (Å²) in [6.07, 6.45) is 5.28. The summed E-state index contributed by atoms with van der Waals surface area (Å²) in [6, 6.07) is 11.6. The molecule has 4 rings (SSSR count). The number of halogens is 1. The maximum atomic E-state index is 13.5. The van der Waals surface area contributed by atoms with E-state index in [0.717, 1.165) is 60.7 Å². The van der Waals surface area contributed by atoms with Gasteiger partial charge in [-0.25, -0.2) is 9.37 Å². The van der Waals surface area contributed by atoms with Gasteiger partial charge in [0.05, 0.1) is 25.0 Å². The number of ether oxygens (including phenoxy) is 2. The molecule has 0 radical (unpaired) electrons. The molecule has 1 aliphatic rings. The van der Waals surface area contributed by atoms with Gasteiger partial charge >= 0.3 is 0 Å². The topological polar surface area (TPSA) is 59.8 Å². The molecule has 2 heterocycles. The first-order valence-corrected chi connectivity index (χ1v) is 11.2. The molecule has 1 saturated heterocycles. The summed E-state index contributed by atoms with van der Waals surface area (Å²) < 4.78 is 30.8. The van der Waals surface area contributed by atoms with Crippen LogP contribution in [0, 0.1) is 5.82 Å². The molecule has 1 fully saturated rings. The highest BCUT2D eigenvalue weighted by Crippen LogP contribution is 2.40. The minimum Gasteiger partial charge on any atom is -0.493 e. The maximum Gasteiger partial charge on any atom is 0.294 e. The Morgan fingerprint density at radius 2 is 1.72 bits per heavy atom. The van der Waals surface area contributed by atoms with Gasteiger partial charge < -0.3 is 19.2 Å². The molecule has 0 unspecified atom stereocenters. The van der Waals surface area contributed by atoms with E-state index in [0.29, 0.717) is 25.3 Å². The third-order valence-electron chi connectivity index (χ3n) is 5.61. The molecule has 6 nitrogen and oxygen atoms in total. The lowest BCUT2D eigenvalue weighted by Crippen LogP contribution is -2.38. The summed E-state index contributed by atoms with van der Waals surface area (Å²) in [6.45, 7) is 7.79. The average Bonchev–Trinajstić information content (AvgIpc) is 3.30. The number of hydrogen-bond acceptors (Lipinski definition) is 6. The van der Waals surface area contributed by atoms with E-state index < -0.39 is 0 Å². The Kier molecular flexibility index (Phi) is 7.27. The van der Waals surface area contributed by atoms with Crippen molar-refractivity contribution in [3.63, 3.8) is 0 Å². The molecule has 0 amide bonds. The lowest BCUT2D eigenvalue weighted by atomic mass is 9.99. The van der Waals surface area contributed by atoms with Crippen LogP contribution in [0.25, 0.3) is 11.1 Å². The fourth-order valence-electron chi connectivity index (χ4n) is 4.14. The molecule has 7 heteroatoms. The largest absolute Gasteiger partial charge is 0.493 e. The highest BCUT2D eigenvalue weighted by atomic mass is 19.1. The van der Waals surface area contributed by atoms with Crippen LogP contribution in [0.4, 0.5) is 10.4 Å². The standard InChI is InChI=1S/C25H30FN3O3/c1-3-30-22-15-18(16-23(31-4-2)24(22)19-5-7-20(26)8-6-19)17-29-12-9-21(10-13-29)28-25-27-11-14-32-25/h5-8,11,14-16,21H,3-4,9-10,12-13,17H2,1-2H3,(H,27,28). The maximum absolute atomic E-state index is 13.5. The van der Waals surface area contributed by atoms with Gasteiger partial charge in [0.2, 0.25) is 0 Å². The number of nitrogens with one attached hydrogen (secondary N) is 1. The second-order valence-electron chi connectivity index (χ2n) is 7.87. The molecule has 170 valence electrons. The van der Waals surface area contributed by atoms with Crippen LogP contribution in [0.15, 0.2) is 53.3 Å². The number of piperidine rings is 1. The van der Waals surface area contributed by atoms with Gasteiger partial charge in [0.25, 0.3) is 6.01 Å². The average molecular weight is 440 g/mol. The van der Waals surface area contributed by atoms with Gasteiger partial charge in [0.15, 0.2) is 0 Å². The van der Waals surface area contributed by atoms with Gasteiger partial charge in [0, 0.05) is 25.7 Å². The molecule has 1 aromatic heterocycles. The first-order valence-electron chi connectivity index (χ1n) is 11.2. The van der Waals surface area contributed by atoms with Gasteiger partial charge in [0.1, 0.15) is 23.6 Å². The fourth-order valence-corrected chi connectivity index (χ4v) is 4.14. The number of likely N-dealkylation sites (tertiary alicyclic amines) is 1. The Morgan fingerprint density at radius 1 is 1.06 bits per heavy atom. The smallest absolute Gasteiger partial charge is 0.294 e. The first-order chi connectivity index (χ1) is 15.7. The van der Waals surface area contributed by atoms with E-state index in [-0.39, 0.29) is 5.82 Å².